The van der Waals surface area contributed by atoms with E-state index in [4.69, 9.17) is 0 Å². The van der Waals surface area contributed by atoms with E-state index >= 15 is 0 Å². The Bertz CT molecular complexity index is 616. The van der Waals surface area contributed by atoms with E-state index in [1.165, 1.54) is 13.0 Å². The second kappa shape index (κ2) is 9.01. The summed E-state index contributed by atoms with van der Waals surface area (Å²) in [5, 5.41) is 11.8. The van der Waals surface area contributed by atoms with Gasteiger partial charge in [-0.3, -0.25) is 4.79 Å². The number of ketones is 1. The quantitative estimate of drug-likeness (QED) is 0.217. The maximum atomic E-state index is 12.2. The molecule has 120 valence electrons. The minimum absolute atomic E-state index is 0. The molecule has 0 amide bonds. The molecule has 0 aliphatic heterocycles. The average molecular weight is 389 g/mol. The summed E-state index contributed by atoms with van der Waals surface area (Å²) in [7, 11) is 0. The molecule has 0 aliphatic carbocycles. The maximum absolute atomic E-state index is 12.2. The van der Waals surface area contributed by atoms with Gasteiger partial charge in [0, 0.05) is 4.47 Å². The predicted octanol–water partition coefficient (Wildman–Crippen LogP) is -0.815. The Kier molecular flexibility index (Phi) is 8.45. The summed E-state index contributed by atoms with van der Waals surface area (Å²) >= 11 is 2.92. The Morgan fingerprint density at radius 3 is 2.43 bits per heavy atom. The fourth-order valence-electron chi connectivity index (χ4n) is 1.36. The van der Waals surface area contributed by atoms with E-state index < -0.39 is 29.6 Å². The second-order valence-electron chi connectivity index (χ2n) is 3.82. The first-order chi connectivity index (χ1) is 10.1. The summed E-state index contributed by atoms with van der Waals surface area (Å²) in [5.74, 6) is -4.02. The van der Waals surface area contributed by atoms with Gasteiger partial charge >= 0.3 is 31.2 Å². The first kappa shape index (κ1) is 21.6. The van der Waals surface area contributed by atoms with Crippen molar-refractivity contribution < 1.29 is 56.2 Å². The van der Waals surface area contributed by atoms with E-state index in [-0.39, 0.29) is 35.5 Å². The van der Waals surface area contributed by atoms with Gasteiger partial charge < -0.3 is 14.6 Å². The normalized spacial score (nSPS) is 11.4. The number of carbonyl (C=O) groups excluding carboxylic acids is 2. The average Bonchev–Trinajstić information content (AvgIpc) is 2.35. The number of rotatable bonds is 5. The van der Waals surface area contributed by atoms with Crippen molar-refractivity contribution in [3.05, 3.63) is 34.3 Å². The van der Waals surface area contributed by atoms with Crippen LogP contribution in [0.2, 0.25) is 0 Å². The van der Waals surface area contributed by atoms with E-state index in [0.717, 1.165) is 12.1 Å². The summed E-state index contributed by atoms with van der Waals surface area (Å²) in [6.45, 7) is 1.43. The van der Waals surface area contributed by atoms with Crippen LogP contribution in [0, 0.1) is 0 Å². The molecule has 0 heterocycles. The molecule has 23 heavy (non-hydrogen) atoms. The van der Waals surface area contributed by atoms with Gasteiger partial charge in [0.25, 0.3) is 5.78 Å². The van der Waals surface area contributed by atoms with Crippen LogP contribution < -0.4 is 28.7 Å². The van der Waals surface area contributed by atoms with E-state index in [1.807, 2.05) is 0 Å². The summed E-state index contributed by atoms with van der Waals surface area (Å²) in [6.07, 6.45) is -4.48. The van der Waals surface area contributed by atoms with Gasteiger partial charge in [-0.05, 0) is 36.8 Å². The van der Waals surface area contributed by atoms with Gasteiger partial charge in [0.2, 0.25) is 0 Å². The van der Waals surface area contributed by atoms with Crippen molar-refractivity contribution in [3.8, 4) is 5.75 Å². The molecule has 0 atom stereocenters. The Hall–Kier alpha value is -1.43. The van der Waals surface area contributed by atoms with Crippen LogP contribution in [0.1, 0.15) is 12.5 Å². The van der Waals surface area contributed by atoms with Crippen molar-refractivity contribution in [1.29, 1.82) is 0 Å². The largest absolute Gasteiger partial charge is 1.00 e. The number of hydrogen-bond acceptors (Lipinski definition) is 5. The molecule has 0 unspecified atom stereocenters. The molecule has 0 fully saturated rings. The fourth-order valence-corrected chi connectivity index (χ4v) is 1.83. The molecule has 5 nitrogen and oxygen atoms in total. The molecule has 1 aromatic rings. The SMILES string of the molecule is CCOC(=O)C(=O)/C=C(\[O-])c1cc(Br)cc(OC(F)(F)F)c1.[Li+]. The zero-order valence-electron chi connectivity index (χ0n) is 12.1. The van der Waals surface area contributed by atoms with Crippen LogP contribution in [-0.2, 0) is 14.3 Å². The van der Waals surface area contributed by atoms with E-state index in [9.17, 15) is 27.9 Å². The maximum Gasteiger partial charge on any atom is 1.00 e. The summed E-state index contributed by atoms with van der Waals surface area (Å²) in [4.78, 5) is 22.4. The van der Waals surface area contributed by atoms with Crippen molar-refractivity contribution in [3.63, 3.8) is 0 Å². The van der Waals surface area contributed by atoms with Gasteiger partial charge in [0.1, 0.15) is 5.75 Å². The third kappa shape index (κ3) is 7.59. The molecule has 0 saturated carbocycles. The first-order valence-corrected chi connectivity index (χ1v) is 6.58. The molecule has 0 N–H and O–H groups in total. The monoisotopic (exact) mass is 388 g/mol. The van der Waals surface area contributed by atoms with E-state index in [2.05, 4.69) is 25.4 Å². The Morgan fingerprint density at radius 2 is 1.91 bits per heavy atom. The third-order valence-corrected chi connectivity index (χ3v) is 2.59. The summed E-state index contributed by atoms with van der Waals surface area (Å²) < 4.78 is 44.7. The van der Waals surface area contributed by atoms with Crippen molar-refractivity contribution in [2.45, 2.75) is 13.3 Å². The number of ether oxygens (including phenoxy) is 2. The molecule has 1 rings (SSSR count). The van der Waals surface area contributed by atoms with Gasteiger partial charge in [0.15, 0.2) is 0 Å². The number of halogens is 4. The minimum atomic E-state index is -4.93. The van der Waals surface area contributed by atoms with Crippen LogP contribution in [0.25, 0.3) is 5.76 Å². The van der Waals surface area contributed by atoms with Crippen molar-refractivity contribution >= 4 is 33.4 Å². The third-order valence-electron chi connectivity index (χ3n) is 2.13. The molecular weight excluding hydrogens is 380 g/mol. The van der Waals surface area contributed by atoms with Gasteiger partial charge in [-0.15, -0.1) is 13.2 Å². The zero-order valence-corrected chi connectivity index (χ0v) is 13.7. The van der Waals surface area contributed by atoms with Crippen LogP contribution in [-0.4, -0.2) is 24.7 Å². The van der Waals surface area contributed by atoms with Crippen LogP contribution >= 0.6 is 15.9 Å². The molecule has 0 radical (unpaired) electrons. The predicted molar refractivity (Wildman–Crippen MR) is 70.4 cm³/mol. The van der Waals surface area contributed by atoms with Crippen LogP contribution in [0.3, 0.4) is 0 Å². The number of hydrogen-bond donors (Lipinski definition) is 0. The fraction of sp³-hybridized carbons (Fsp3) is 0.231. The minimum Gasteiger partial charge on any atom is -0.872 e. The Balaban J connectivity index is 0.00000484. The van der Waals surface area contributed by atoms with Gasteiger partial charge in [-0.1, -0.05) is 21.7 Å². The Morgan fingerprint density at radius 1 is 1.30 bits per heavy atom. The molecule has 1 aromatic carbocycles. The van der Waals surface area contributed by atoms with Crippen molar-refractivity contribution in [2.75, 3.05) is 6.61 Å². The smallest absolute Gasteiger partial charge is 0.872 e. The zero-order chi connectivity index (χ0) is 16.9. The molecule has 0 saturated heterocycles. The van der Waals surface area contributed by atoms with E-state index in [0.29, 0.717) is 6.08 Å². The number of esters is 1. The standard InChI is InChI=1S/C13H10BrF3O5.Li/c1-2-21-12(20)11(19)6-10(18)7-3-8(14)5-9(4-7)22-13(15,16)17;/h3-6,18H,2H2,1H3;/q;+1/p-1/b10-6-;. The van der Waals surface area contributed by atoms with Crippen molar-refractivity contribution in [1.82, 2.24) is 0 Å². The van der Waals surface area contributed by atoms with Gasteiger partial charge in [-0.2, -0.15) is 0 Å². The summed E-state index contributed by atoms with van der Waals surface area (Å²) in [5.41, 5.74) is -0.258. The van der Waals surface area contributed by atoms with Crippen LogP contribution in [0.15, 0.2) is 28.7 Å². The number of benzene rings is 1. The molecule has 10 heteroatoms. The molecule has 0 aromatic heterocycles. The van der Waals surface area contributed by atoms with Crippen LogP contribution in [0.5, 0.6) is 5.75 Å². The summed E-state index contributed by atoms with van der Waals surface area (Å²) in [6, 6.07) is 2.98. The first-order valence-electron chi connectivity index (χ1n) is 5.79. The number of carbonyl (C=O) groups is 2. The van der Waals surface area contributed by atoms with E-state index in [1.54, 1.807) is 0 Å². The Labute approximate surface area is 149 Å². The van der Waals surface area contributed by atoms with Crippen LogP contribution in [0.4, 0.5) is 13.2 Å². The number of alkyl halides is 3. The molecule has 0 bridgehead atoms. The molecule has 0 aliphatic rings. The second-order valence-corrected chi connectivity index (χ2v) is 4.73. The van der Waals surface area contributed by atoms with Gasteiger partial charge in [0.05, 0.1) is 6.61 Å². The topological polar surface area (TPSA) is 75.7 Å². The molecular formula is C13H9BrF3LiO5. The molecule has 0 spiro atoms. The van der Waals surface area contributed by atoms with Crippen molar-refractivity contribution in [2.24, 2.45) is 0 Å². The van der Waals surface area contributed by atoms with Gasteiger partial charge in [-0.25, -0.2) is 4.79 Å².